The van der Waals surface area contributed by atoms with Crippen LogP contribution in [-0.4, -0.2) is 33.6 Å². The van der Waals surface area contributed by atoms with Crippen molar-refractivity contribution in [3.8, 4) is 0 Å². The van der Waals surface area contributed by atoms with E-state index in [4.69, 9.17) is 11.6 Å². The van der Waals surface area contributed by atoms with Gasteiger partial charge in [-0.15, -0.1) is 24.8 Å². The molecule has 0 spiro atoms. The second-order valence-electron chi connectivity index (χ2n) is 3.61. The van der Waals surface area contributed by atoms with Gasteiger partial charge < -0.3 is 15.5 Å². The van der Waals surface area contributed by atoms with Gasteiger partial charge in [-0.25, -0.2) is 0 Å². The van der Waals surface area contributed by atoms with Gasteiger partial charge in [0.1, 0.15) is 0 Å². The third kappa shape index (κ3) is 5.31. The largest absolute Gasteiger partial charge is 0.375 e. The van der Waals surface area contributed by atoms with Crippen LogP contribution in [0.1, 0.15) is 0 Å². The van der Waals surface area contributed by atoms with Crippen LogP contribution in [0.2, 0.25) is 5.02 Å². The smallest absolute Gasteiger partial charge is 0.238 e. The van der Waals surface area contributed by atoms with E-state index < -0.39 is 0 Å². The second-order valence-corrected chi connectivity index (χ2v) is 4.02. The molecule has 0 aliphatic rings. The van der Waals surface area contributed by atoms with Crippen LogP contribution in [-0.2, 0) is 4.79 Å². The van der Waals surface area contributed by atoms with Crippen LogP contribution in [0.15, 0.2) is 18.2 Å². The minimum Gasteiger partial charge on any atom is -0.375 e. The number of benzene rings is 1. The number of likely N-dealkylation sites (N-methyl/N-ethyl adjacent to an activating group) is 1. The molecule has 0 radical (unpaired) electrons. The number of nitrogens with one attached hydrogen (secondary N) is 2. The first kappa shape index (κ1) is 19.7. The maximum absolute atomic E-state index is 11.5. The average molecular weight is 315 g/mol. The molecular weight excluding hydrogens is 296 g/mol. The van der Waals surface area contributed by atoms with Gasteiger partial charge in [-0.3, -0.25) is 4.79 Å². The van der Waals surface area contributed by atoms with Crippen LogP contribution in [0, 0.1) is 0 Å². The van der Waals surface area contributed by atoms with Crippen molar-refractivity contribution in [2.24, 2.45) is 0 Å². The molecule has 0 bridgehead atoms. The zero-order chi connectivity index (χ0) is 12.1. The number of anilines is 2. The zero-order valence-corrected chi connectivity index (χ0v) is 12.9. The van der Waals surface area contributed by atoms with Gasteiger partial charge in [0.15, 0.2) is 0 Å². The molecule has 1 aromatic rings. The Labute approximate surface area is 125 Å². The van der Waals surface area contributed by atoms with Crippen LogP contribution >= 0.6 is 36.4 Å². The lowest BCUT2D eigenvalue weighted by Crippen LogP contribution is -2.26. The van der Waals surface area contributed by atoms with Crippen LogP contribution < -0.4 is 15.5 Å². The number of carbonyl (C=O) groups is 1. The molecule has 0 atom stereocenters. The molecule has 0 saturated heterocycles. The van der Waals surface area contributed by atoms with Gasteiger partial charge in [-0.05, 0) is 19.2 Å². The number of amides is 1. The Morgan fingerprint density at radius 1 is 1.33 bits per heavy atom. The molecule has 7 heteroatoms. The van der Waals surface area contributed by atoms with Crippen molar-refractivity contribution in [1.29, 1.82) is 0 Å². The summed E-state index contributed by atoms with van der Waals surface area (Å²) < 4.78 is 0. The van der Waals surface area contributed by atoms with Crippen LogP contribution in [0.25, 0.3) is 0 Å². The van der Waals surface area contributed by atoms with E-state index in [9.17, 15) is 4.79 Å². The summed E-state index contributed by atoms with van der Waals surface area (Å²) in [7, 11) is 5.49. The van der Waals surface area contributed by atoms with Crippen LogP contribution in [0.3, 0.4) is 0 Å². The highest BCUT2D eigenvalue weighted by molar-refractivity contribution is 6.34. The molecule has 0 heterocycles. The number of hydrogen-bond donors (Lipinski definition) is 2. The molecule has 0 aliphatic heterocycles. The Kier molecular flexibility index (Phi) is 10.1. The summed E-state index contributed by atoms with van der Waals surface area (Å²) in [6.07, 6.45) is 0. The highest BCUT2D eigenvalue weighted by atomic mass is 35.5. The maximum Gasteiger partial charge on any atom is 0.238 e. The van der Waals surface area contributed by atoms with Crippen molar-refractivity contribution in [2.75, 3.05) is 37.9 Å². The topological polar surface area (TPSA) is 44.4 Å². The number of hydrogen-bond acceptors (Lipinski definition) is 3. The first-order valence-corrected chi connectivity index (χ1v) is 5.34. The fraction of sp³-hybridized carbons (Fsp3) is 0.364. The minimum atomic E-state index is -0.0899. The van der Waals surface area contributed by atoms with Crippen molar-refractivity contribution in [3.63, 3.8) is 0 Å². The standard InChI is InChI=1S/C11H16ClN3O.2ClH/c1-13-7-10(16)14-9-6-4-5-8(12)11(9)15(2)3;;/h4-6,13H,7H2,1-3H3,(H,14,16);2*1H. The zero-order valence-electron chi connectivity index (χ0n) is 10.5. The Hall–Kier alpha value is -0.680. The highest BCUT2D eigenvalue weighted by Crippen LogP contribution is 2.32. The number of nitrogens with zero attached hydrogens (tertiary/aromatic N) is 1. The molecular formula is C11H18Cl3N3O. The van der Waals surface area contributed by atoms with E-state index >= 15 is 0 Å². The Morgan fingerprint density at radius 3 is 2.44 bits per heavy atom. The SMILES string of the molecule is CNCC(=O)Nc1cccc(Cl)c1N(C)C.Cl.Cl. The minimum absolute atomic E-state index is 0. The lowest BCUT2D eigenvalue weighted by molar-refractivity contribution is -0.115. The Bertz CT molecular complexity index is 386. The van der Waals surface area contributed by atoms with Crippen molar-refractivity contribution < 1.29 is 4.79 Å². The van der Waals surface area contributed by atoms with E-state index in [0.29, 0.717) is 5.02 Å². The van der Waals surface area contributed by atoms with Crippen molar-refractivity contribution in [3.05, 3.63) is 23.2 Å². The van der Waals surface area contributed by atoms with E-state index in [2.05, 4.69) is 10.6 Å². The normalized spacial score (nSPS) is 8.89. The third-order valence-corrected chi connectivity index (χ3v) is 2.35. The summed E-state index contributed by atoms with van der Waals surface area (Å²) in [6, 6.07) is 5.43. The fourth-order valence-electron chi connectivity index (χ4n) is 1.43. The average Bonchev–Trinajstić information content (AvgIpc) is 2.17. The number of rotatable bonds is 4. The Morgan fingerprint density at radius 2 is 1.94 bits per heavy atom. The number of para-hydroxylation sites is 1. The van der Waals surface area contributed by atoms with Gasteiger partial charge in [0, 0.05) is 14.1 Å². The van der Waals surface area contributed by atoms with E-state index in [1.807, 2.05) is 31.1 Å². The van der Waals surface area contributed by atoms with E-state index in [0.717, 1.165) is 11.4 Å². The molecule has 0 aliphatic carbocycles. The predicted octanol–water partition coefficient (Wildman–Crippen LogP) is 2.41. The van der Waals surface area contributed by atoms with Gasteiger partial charge in [-0.1, -0.05) is 17.7 Å². The van der Waals surface area contributed by atoms with Crippen molar-refractivity contribution >= 4 is 53.7 Å². The summed E-state index contributed by atoms with van der Waals surface area (Å²) in [5, 5.41) is 6.22. The fourth-order valence-corrected chi connectivity index (χ4v) is 1.77. The third-order valence-electron chi connectivity index (χ3n) is 2.05. The van der Waals surface area contributed by atoms with Gasteiger partial charge in [0.2, 0.25) is 5.91 Å². The summed E-state index contributed by atoms with van der Waals surface area (Å²) >= 11 is 6.08. The van der Waals surface area contributed by atoms with Gasteiger partial charge in [0.25, 0.3) is 0 Å². The Balaban J connectivity index is 0. The molecule has 1 amide bonds. The van der Waals surface area contributed by atoms with Crippen molar-refractivity contribution in [1.82, 2.24) is 5.32 Å². The predicted molar refractivity (Wildman–Crippen MR) is 82.8 cm³/mol. The second kappa shape index (κ2) is 9.28. The monoisotopic (exact) mass is 313 g/mol. The molecule has 18 heavy (non-hydrogen) atoms. The quantitative estimate of drug-likeness (QED) is 0.897. The molecule has 0 aromatic heterocycles. The van der Waals surface area contributed by atoms with Crippen LogP contribution in [0.4, 0.5) is 11.4 Å². The van der Waals surface area contributed by atoms with E-state index in [1.54, 1.807) is 13.1 Å². The van der Waals surface area contributed by atoms with Crippen molar-refractivity contribution in [2.45, 2.75) is 0 Å². The molecule has 0 saturated carbocycles. The number of halogens is 3. The maximum atomic E-state index is 11.5. The molecule has 4 nitrogen and oxygen atoms in total. The molecule has 0 unspecified atom stereocenters. The molecule has 1 aromatic carbocycles. The van der Waals surface area contributed by atoms with Gasteiger partial charge in [0.05, 0.1) is 22.9 Å². The molecule has 0 fully saturated rings. The molecule has 2 N–H and O–H groups in total. The highest BCUT2D eigenvalue weighted by Gasteiger charge is 2.10. The van der Waals surface area contributed by atoms with Gasteiger partial charge in [-0.2, -0.15) is 0 Å². The first-order chi connectivity index (χ1) is 7.56. The summed E-state index contributed by atoms with van der Waals surface area (Å²) in [5.41, 5.74) is 1.53. The van der Waals surface area contributed by atoms with E-state index in [-0.39, 0.29) is 37.3 Å². The first-order valence-electron chi connectivity index (χ1n) is 4.96. The van der Waals surface area contributed by atoms with Crippen LogP contribution in [0.5, 0.6) is 0 Å². The van der Waals surface area contributed by atoms with E-state index in [1.165, 1.54) is 0 Å². The number of carbonyl (C=O) groups excluding carboxylic acids is 1. The lowest BCUT2D eigenvalue weighted by atomic mass is 10.2. The van der Waals surface area contributed by atoms with Gasteiger partial charge >= 0.3 is 0 Å². The lowest BCUT2D eigenvalue weighted by Gasteiger charge is -2.19. The summed E-state index contributed by atoms with van der Waals surface area (Å²) in [6.45, 7) is 0.277. The molecule has 104 valence electrons. The molecule has 1 rings (SSSR count). The summed E-state index contributed by atoms with van der Waals surface area (Å²) in [5.74, 6) is -0.0899. The summed E-state index contributed by atoms with van der Waals surface area (Å²) in [4.78, 5) is 13.3.